The molecule has 4 aromatic heterocycles. The standard InChI is InChI=1S/C54H42N6O/c1-53(2,3)35-21-25-44-40(29-35)41-30-36(54(4,5)6)22-26-45(41)60(44)52-57-50(32-14-8-7-9-15-32)56-51(58-52)33-20-24-42(34(28-33)31-55)59-43-18-12-10-16-37(43)38-23-27-47-48(49(38)59)39-17-11-13-19-46(39)61-47/h7-30H,1-6H3. The van der Waals surface area contributed by atoms with Gasteiger partial charge in [0.1, 0.15) is 17.2 Å². The third kappa shape index (κ3) is 5.74. The first-order valence-electron chi connectivity index (χ1n) is 20.8. The Morgan fingerprint density at radius 3 is 1.77 bits per heavy atom. The lowest BCUT2D eigenvalue weighted by molar-refractivity contribution is 0.590. The maximum atomic E-state index is 11.0. The summed E-state index contributed by atoms with van der Waals surface area (Å²) in [6, 6.07) is 52.7. The van der Waals surface area contributed by atoms with E-state index in [1.807, 2.05) is 72.8 Å². The van der Waals surface area contributed by atoms with Crippen molar-refractivity contribution in [1.29, 1.82) is 5.26 Å². The number of benzene rings is 7. The molecule has 11 aromatic rings. The van der Waals surface area contributed by atoms with Gasteiger partial charge < -0.3 is 8.98 Å². The number of nitriles is 1. The van der Waals surface area contributed by atoms with E-state index in [9.17, 15) is 5.26 Å². The van der Waals surface area contributed by atoms with Crippen molar-refractivity contribution in [2.24, 2.45) is 0 Å². The number of fused-ring (bicyclic) bond motifs is 10. The summed E-state index contributed by atoms with van der Waals surface area (Å²) in [5, 5.41) is 17.5. The Labute approximate surface area is 353 Å². The maximum Gasteiger partial charge on any atom is 0.238 e. The molecule has 61 heavy (non-hydrogen) atoms. The molecule has 0 aliphatic carbocycles. The smallest absolute Gasteiger partial charge is 0.238 e. The highest BCUT2D eigenvalue weighted by atomic mass is 16.3. The van der Waals surface area contributed by atoms with Gasteiger partial charge >= 0.3 is 0 Å². The van der Waals surface area contributed by atoms with Crippen molar-refractivity contribution in [3.05, 3.63) is 162 Å². The molecule has 294 valence electrons. The molecule has 0 aliphatic rings. The lowest BCUT2D eigenvalue weighted by Crippen LogP contribution is -2.10. The van der Waals surface area contributed by atoms with Crippen LogP contribution in [0.4, 0.5) is 0 Å². The van der Waals surface area contributed by atoms with Crippen molar-refractivity contribution in [3.8, 4) is 40.5 Å². The minimum absolute atomic E-state index is 0.0345. The van der Waals surface area contributed by atoms with Gasteiger partial charge in [0, 0.05) is 38.1 Å². The van der Waals surface area contributed by atoms with Crippen LogP contribution >= 0.6 is 0 Å². The summed E-state index contributed by atoms with van der Waals surface area (Å²) in [5.41, 5.74) is 11.0. The van der Waals surface area contributed by atoms with Gasteiger partial charge in [0.05, 0.1) is 38.7 Å². The minimum atomic E-state index is -0.0345. The summed E-state index contributed by atoms with van der Waals surface area (Å²) in [4.78, 5) is 15.6. The SMILES string of the molecule is CC(C)(C)c1ccc2c(c1)c1cc(C(C)(C)C)ccc1n2-c1nc(-c2ccccc2)nc(-c2ccc(-n3c4ccccc4c4ccc5oc6ccccc6c5c43)c(C#N)c2)n1. The van der Waals surface area contributed by atoms with Gasteiger partial charge in [-0.3, -0.25) is 4.57 Å². The van der Waals surface area contributed by atoms with Gasteiger partial charge in [-0.25, -0.2) is 4.98 Å². The van der Waals surface area contributed by atoms with Crippen LogP contribution in [0.15, 0.2) is 150 Å². The third-order valence-corrected chi connectivity index (χ3v) is 12.1. The fourth-order valence-corrected chi connectivity index (χ4v) is 8.96. The summed E-state index contributed by atoms with van der Waals surface area (Å²) in [6.07, 6.45) is 0. The van der Waals surface area contributed by atoms with Crippen LogP contribution in [0.3, 0.4) is 0 Å². The lowest BCUT2D eigenvalue weighted by Gasteiger charge is -2.19. The van der Waals surface area contributed by atoms with Crippen LogP contribution in [-0.4, -0.2) is 24.1 Å². The predicted molar refractivity (Wildman–Crippen MR) is 249 cm³/mol. The lowest BCUT2D eigenvalue weighted by atomic mass is 9.85. The molecule has 0 amide bonds. The highest BCUT2D eigenvalue weighted by Gasteiger charge is 2.25. The predicted octanol–water partition coefficient (Wildman–Crippen LogP) is 13.8. The molecule has 0 aliphatic heterocycles. The van der Waals surface area contributed by atoms with Crippen LogP contribution in [0.1, 0.15) is 58.2 Å². The van der Waals surface area contributed by atoms with E-state index in [4.69, 9.17) is 19.4 Å². The van der Waals surface area contributed by atoms with Gasteiger partial charge in [0.25, 0.3) is 0 Å². The topological polar surface area (TPSA) is 85.5 Å². The van der Waals surface area contributed by atoms with Crippen LogP contribution in [0.5, 0.6) is 0 Å². The number of hydrogen-bond donors (Lipinski definition) is 0. The number of hydrogen-bond acceptors (Lipinski definition) is 5. The summed E-state index contributed by atoms with van der Waals surface area (Å²) in [5.74, 6) is 1.53. The van der Waals surface area contributed by atoms with Crippen LogP contribution in [-0.2, 0) is 10.8 Å². The molecule has 0 fully saturated rings. The van der Waals surface area contributed by atoms with Gasteiger partial charge in [-0.2, -0.15) is 15.2 Å². The van der Waals surface area contributed by atoms with Crippen molar-refractivity contribution < 1.29 is 4.42 Å². The van der Waals surface area contributed by atoms with E-state index < -0.39 is 0 Å². The molecule has 7 nitrogen and oxygen atoms in total. The molecular weight excluding hydrogens is 749 g/mol. The fraction of sp³-hybridized carbons (Fsp3) is 0.148. The number of para-hydroxylation sites is 2. The summed E-state index contributed by atoms with van der Waals surface area (Å²) >= 11 is 0. The van der Waals surface area contributed by atoms with E-state index in [2.05, 4.69) is 130 Å². The molecule has 11 rings (SSSR count). The Balaban J connectivity index is 1.16. The molecule has 0 unspecified atom stereocenters. The molecule has 7 heteroatoms. The second-order valence-electron chi connectivity index (χ2n) is 18.1. The highest BCUT2D eigenvalue weighted by molar-refractivity contribution is 6.24. The molecule has 0 bridgehead atoms. The first-order chi connectivity index (χ1) is 29.5. The minimum Gasteiger partial charge on any atom is -0.456 e. The van der Waals surface area contributed by atoms with E-state index in [0.717, 1.165) is 76.8 Å². The van der Waals surface area contributed by atoms with Crippen molar-refractivity contribution in [3.63, 3.8) is 0 Å². The summed E-state index contributed by atoms with van der Waals surface area (Å²) < 4.78 is 10.7. The average Bonchev–Trinajstić information content (AvgIpc) is 3.93. The number of nitrogens with zero attached hydrogens (tertiary/aromatic N) is 6. The molecule has 0 saturated heterocycles. The molecule has 0 N–H and O–H groups in total. The molecular formula is C54H42N6O. The average molecular weight is 791 g/mol. The largest absolute Gasteiger partial charge is 0.456 e. The Morgan fingerprint density at radius 1 is 0.492 bits per heavy atom. The number of rotatable bonds is 4. The molecule has 4 heterocycles. The van der Waals surface area contributed by atoms with Gasteiger partial charge in [-0.1, -0.05) is 120 Å². The van der Waals surface area contributed by atoms with Gasteiger partial charge in [0.15, 0.2) is 11.6 Å². The fourth-order valence-electron chi connectivity index (χ4n) is 8.96. The zero-order valence-corrected chi connectivity index (χ0v) is 34.9. The van der Waals surface area contributed by atoms with E-state index >= 15 is 0 Å². The molecule has 7 aromatic carbocycles. The summed E-state index contributed by atoms with van der Waals surface area (Å²) in [6.45, 7) is 13.5. The maximum absolute atomic E-state index is 11.0. The van der Waals surface area contributed by atoms with Crippen LogP contribution in [0.2, 0.25) is 0 Å². The zero-order valence-electron chi connectivity index (χ0n) is 34.9. The van der Waals surface area contributed by atoms with Gasteiger partial charge in [0.2, 0.25) is 5.95 Å². The van der Waals surface area contributed by atoms with E-state index in [1.54, 1.807) is 0 Å². The second kappa shape index (κ2) is 13.2. The Morgan fingerprint density at radius 2 is 1.10 bits per heavy atom. The first-order valence-corrected chi connectivity index (χ1v) is 20.8. The third-order valence-electron chi connectivity index (χ3n) is 12.1. The van der Waals surface area contributed by atoms with Crippen molar-refractivity contribution in [2.75, 3.05) is 0 Å². The van der Waals surface area contributed by atoms with Crippen molar-refractivity contribution >= 4 is 65.6 Å². The molecule has 0 radical (unpaired) electrons. The van der Waals surface area contributed by atoms with Crippen LogP contribution in [0.25, 0.3) is 100.0 Å². The Kier molecular flexibility index (Phi) is 7.92. The van der Waals surface area contributed by atoms with Crippen LogP contribution in [0, 0.1) is 11.3 Å². The highest BCUT2D eigenvalue weighted by Crippen LogP contribution is 2.42. The Hall–Kier alpha value is -7.56. The molecule has 0 saturated carbocycles. The van der Waals surface area contributed by atoms with E-state index in [-0.39, 0.29) is 10.8 Å². The van der Waals surface area contributed by atoms with Gasteiger partial charge in [-0.05, 0) is 88.7 Å². The van der Waals surface area contributed by atoms with Gasteiger partial charge in [-0.15, -0.1) is 0 Å². The van der Waals surface area contributed by atoms with Crippen molar-refractivity contribution in [1.82, 2.24) is 24.1 Å². The first kappa shape index (κ1) is 36.5. The number of aromatic nitrogens is 5. The van der Waals surface area contributed by atoms with E-state index in [1.165, 1.54) is 11.1 Å². The van der Waals surface area contributed by atoms with Crippen LogP contribution < -0.4 is 0 Å². The number of furan rings is 1. The molecule has 0 spiro atoms. The quantitative estimate of drug-likeness (QED) is 0.177. The Bertz CT molecular complexity index is 3550. The summed E-state index contributed by atoms with van der Waals surface area (Å²) in [7, 11) is 0. The second-order valence-corrected chi connectivity index (χ2v) is 18.1. The van der Waals surface area contributed by atoms with E-state index in [0.29, 0.717) is 28.7 Å². The monoisotopic (exact) mass is 790 g/mol. The molecule has 0 atom stereocenters. The zero-order chi connectivity index (χ0) is 41.8. The van der Waals surface area contributed by atoms with Crippen molar-refractivity contribution in [2.45, 2.75) is 52.4 Å². The normalized spacial score (nSPS) is 12.4.